The monoisotopic (exact) mass is 315 g/mol. The standard InChI is InChI=1S/C19H17N5/c1-15-6-2-3-7-16(15)13-24(14-17-8-4-5-9-21-17)19-12-22-18(10-20)11-23-19/h2-9,11-12H,13-14H2,1H3. The van der Waals surface area contributed by atoms with Gasteiger partial charge in [0.1, 0.15) is 11.9 Å². The predicted octanol–water partition coefficient (Wildman–Crippen LogP) is 3.26. The van der Waals surface area contributed by atoms with E-state index in [1.165, 1.54) is 17.3 Å². The summed E-state index contributed by atoms with van der Waals surface area (Å²) in [5.41, 5.74) is 3.72. The maximum Gasteiger partial charge on any atom is 0.158 e. The molecule has 2 aromatic heterocycles. The van der Waals surface area contributed by atoms with Crippen LogP contribution in [0.25, 0.3) is 0 Å². The van der Waals surface area contributed by atoms with Gasteiger partial charge >= 0.3 is 0 Å². The van der Waals surface area contributed by atoms with E-state index >= 15 is 0 Å². The van der Waals surface area contributed by atoms with Crippen LogP contribution in [0, 0.1) is 18.3 Å². The lowest BCUT2D eigenvalue weighted by atomic mass is 10.1. The first-order valence-electron chi connectivity index (χ1n) is 7.68. The van der Waals surface area contributed by atoms with Crippen LogP contribution in [0.5, 0.6) is 0 Å². The van der Waals surface area contributed by atoms with Crippen LogP contribution in [-0.2, 0) is 13.1 Å². The maximum absolute atomic E-state index is 8.90. The van der Waals surface area contributed by atoms with Crippen molar-refractivity contribution in [1.29, 1.82) is 5.26 Å². The average Bonchev–Trinajstić information content (AvgIpc) is 2.64. The molecule has 2 heterocycles. The van der Waals surface area contributed by atoms with Crippen LogP contribution in [0.4, 0.5) is 5.82 Å². The minimum atomic E-state index is 0.312. The Morgan fingerprint density at radius 1 is 0.958 bits per heavy atom. The number of pyridine rings is 1. The lowest BCUT2D eigenvalue weighted by Gasteiger charge is -2.24. The van der Waals surface area contributed by atoms with E-state index in [4.69, 9.17) is 5.26 Å². The number of hydrogen-bond donors (Lipinski definition) is 0. The molecule has 0 radical (unpaired) electrons. The van der Waals surface area contributed by atoms with Crippen LogP contribution in [0.2, 0.25) is 0 Å². The van der Waals surface area contributed by atoms with Crippen LogP contribution in [0.15, 0.2) is 61.1 Å². The highest BCUT2D eigenvalue weighted by molar-refractivity contribution is 5.40. The first kappa shape index (κ1) is 15.6. The molecule has 0 N–H and O–H groups in total. The fourth-order valence-electron chi connectivity index (χ4n) is 2.44. The molecule has 5 heteroatoms. The lowest BCUT2D eigenvalue weighted by molar-refractivity contribution is 0.759. The molecular weight excluding hydrogens is 298 g/mol. The third-order valence-electron chi connectivity index (χ3n) is 3.78. The van der Waals surface area contributed by atoms with Gasteiger partial charge in [0.15, 0.2) is 5.69 Å². The summed E-state index contributed by atoms with van der Waals surface area (Å²) in [6.07, 6.45) is 4.92. The Labute approximate surface area is 141 Å². The second kappa shape index (κ2) is 7.34. The van der Waals surface area contributed by atoms with Crippen molar-refractivity contribution in [2.75, 3.05) is 4.90 Å². The Bertz CT molecular complexity index is 838. The van der Waals surface area contributed by atoms with Crippen molar-refractivity contribution in [3.8, 4) is 6.07 Å². The molecule has 0 aliphatic carbocycles. The lowest BCUT2D eigenvalue weighted by Crippen LogP contribution is -2.24. The molecule has 0 saturated heterocycles. The van der Waals surface area contributed by atoms with E-state index in [-0.39, 0.29) is 0 Å². The minimum Gasteiger partial charge on any atom is -0.345 e. The summed E-state index contributed by atoms with van der Waals surface area (Å²) in [6, 6.07) is 16.1. The van der Waals surface area contributed by atoms with Gasteiger partial charge in [0.2, 0.25) is 0 Å². The molecule has 0 bridgehead atoms. The zero-order valence-corrected chi connectivity index (χ0v) is 13.4. The number of nitriles is 1. The number of aromatic nitrogens is 3. The summed E-state index contributed by atoms with van der Waals surface area (Å²) in [6.45, 7) is 3.42. The average molecular weight is 315 g/mol. The molecule has 0 fully saturated rings. The number of rotatable bonds is 5. The molecule has 0 saturated carbocycles. The van der Waals surface area contributed by atoms with E-state index in [2.05, 4.69) is 38.9 Å². The first-order chi connectivity index (χ1) is 11.8. The Hall–Kier alpha value is -3.26. The van der Waals surface area contributed by atoms with Gasteiger partial charge in [0, 0.05) is 12.7 Å². The molecule has 0 aliphatic rings. The zero-order valence-electron chi connectivity index (χ0n) is 13.4. The SMILES string of the molecule is Cc1ccccc1CN(Cc1ccccn1)c1cnc(C#N)cn1. The van der Waals surface area contributed by atoms with Gasteiger partial charge < -0.3 is 4.90 Å². The van der Waals surface area contributed by atoms with Crippen molar-refractivity contribution in [2.45, 2.75) is 20.0 Å². The summed E-state index contributed by atoms with van der Waals surface area (Å²) < 4.78 is 0. The molecule has 0 spiro atoms. The molecule has 0 amide bonds. The normalized spacial score (nSPS) is 10.2. The molecule has 0 unspecified atom stereocenters. The van der Waals surface area contributed by atoms with Crippen LogP contribution in [0.1, 0.15) is 22.5 Å². The third-order valence-corrected chi connectivity index (χ3v) is 3.78. The van der Waals surface area contributed by atoms with E-state index in [0.717, 1.165) is 11.5 Å². The van der Waals surface area contributed by atoms with Gasteiger partial charge in [-0.2, -0.15) is 5.26 Å². The number of hydrogen-bond acceptors (Lipinski definition) is 5. The molecule has 0 atom stereocenters. The van der Waals surface area contributed by atoms with Crippen LogP contribution in [-0.4, -0.2) is 15.0 Å². The van der Waals surface area contributed by atoms with Gasteiger partial charge in [-0.15, -0.1) is 0 Å². The zero-order chi connectivity index (χ0) is 16.8. The second-order valence-electron chi connectivity index (χ2n) is 5.48. The molecule has 3 aromatic rings. The van der Waals surface area contributed by atoms with E-state index < -0.39 is 0 Å². The van der Waals surface area contributed by atoms with Crippen LogP contribution < -0.4 is 4.90 Å². The predicted molar refractivity (Wildman–Crippen MR) is 92.1 cm³/mol. The van der Waals surface area contributed by atoms with E-state index in [1.54, 1.807) is 12.4 Å². The number of anilines is 1. The van der Waals surface area contributed by atoms with Gasteiger partial charge in [-0.1, -0.05) is 30.3 Å². The van der Waals surface area contributed by atoms with E-state index in [0.29, 0.717) is 18.8 Å². The molecule has 1 aromatic carbocycles. The maximum atomic E-state index is 8.90. The van der Waals surface area contributed by atoms with Crippen LogP contribution >= 0.6 is 0 Å². The largest absolute Gasteiger partial charge is 0.345 e. The molecular formula is C19H17N5. The first-order valence-corrected chi connectivity index (χ1v) is 7.68. The summed E-state index contributed by atoms with van der Waals surface area (Å²) in [7, 11) is 0. The molecule has 118 valence electrons. The topological polar surface area (TPSA) is 65.7 Å². The van der Waals surface area contributed by atoms with Crippen molar-refractivity contribution >= 4 is 5.82 Å². The summed E-state index contributed by atoms with van der Waals surface area (Å²) in [5.74, 6) is 0.725. The van der Waals surface area contributed by atoms with Crippen molar-refractivity contribution in [1.82, 2.24) is 15.0 Å². The highest BCUT2D eigenvalue weighted by Crippen LogP contribution is 2.18. The fraction of sp³-hybridized carbons (Fsp3) is 0.158. The summed E-state index contributed by atoms with van der Waals surface area (Å²) >= 11 is 0. The van der Waals surface area contributed by atoms with Gasteiger partial charge in [-0.3, -0.25) is 4.98 Å². The van der Waals surface area contributed by atoms with Gasteiger partial charge in [-0.05, 0) is 30.2 Å². The van der Waals surface area contributed by atoms with Crippen LogP contribution in [0.3, 0.4) is 0 Å². The highest BCUT2D eigenvalue weighted by atomic mass is 15.2. The number of aryl methyl sites for hydroxylation is 1. The quantitative estimate of drug-likeness (QED) is 0.723. The Morgan fingerprint density at radius 2 is 1.79 bits per heavy atom. The smallest absolute Gasteiger partial charge is 0.158 e. The van der Waals surface area contributed by atoms with Crippen molar-refractivity contribution < 1.29 is 0 Å². The van der Waals surface area contributed by atoms with E-state index in [9.17, 15) is 0 Å². The Balaban J connectivity index is 1.90. The van der Waals surface area contributed by atoms with Gasteiger partial charge in [-0.25, -0.2) is 9.97 Å². The number of benzene rings is 1. The minimum absolute atomic E-state index is 0.312. The molecule has 0 aliphatic heterocycles. The molecule has 24 heavy (non-hydrogen) atoms. The number of nitrogens with zero attached hydrogens (tertiary/aromatic N) is 5. The van der Waals surface area contributed by atoms with Crippen molar-refractivity contribution in [3.63, 3.8) is 0 Å². The second-order valence-corrected chi connectivity index (χ2v) is 5.48. The molecule has 3 rings (SSSR count). The third kappa shape index (κ3) is 3.73. The Morgan fingerprint density at radius 3 is 2.46 bits per heavy atom. The van der Waals surface area contributed by atoms with E-state index in [1.807, 2.05) is 36.4 Å². The highest BCUT2D eigenvalue weighted by Gasteiger charge is 2.12. The summed E-state index contributed by atoms with van der Waals surface area (Å²) in [4.78, 5) is 15.0. The summed E-state index contributed by atoms with van der Waals surface area (Å²) in [5, 5.41) is 8.90. The molecule has 5 nitrogen and oxygen atoms in total. The van der Waals surface area contributed by atoms with Gasteiger partial charge in [0.25, 0.3) is 0 Å². The van der Waals surface area contributed by atoms with Crippen molar-refractivity contribution in [2.24, 2.45) is 0 Å². The fourth-order valence-corrected chi connectivity index (χ4v) is 2.44. The van der Waals surface area contributed by atoms with Crippen molar-refractivity contribution in [3.05, 3.63) is 83.6 Å². The Kier molecular flexibility index (Phi) is 4.78. The van der Waals surface area contributed by atoms with Gasteiger partial charge in [0.05, 0.1) is 24.6 Å².